The van der Waals surface area contributed by atoms with E-state index in [2.05, 4.69) is 5.32 Å². The van der Waals surface area contributed by atoms with Gasteiger partial charge in [0, 0.05) is 11.8 Å². The highest BCUT2D eigenvalue weighted by molar-refractivity contribution is 6.09. The maximum atomic E-state index is 12.5. The van der Waals surface area contributed by atoms with Gasteiger partial charge in [0.15, 0.2) is 23.0 Å². The van der Waals surface area contributed by atoms with Crippen LogP contribution >= 0.6 is 0 Å². The van der Waals surface area contributed by atoms with E-state index in [9.17, 15) is 10.1 Å². The minimum atomic E-state index is -0.528. The number of nitrogens with one attached hydrogen (secondary N) is 1. The molecule has 0 radical (unpaired) electrons. The molecule has 2 aromatic rings. The van der Waals surface area contributed by atoms with Crippen molar-refractivity contribution in [3.05, 3.63) is 47.5 Å². The molecule has 0 saturated heterocycles. The monoisotopic (exact) mass is 366 g/mol. The van der Waals surface area contributed by atoms with Crippen molar-refractivity contribution in [1.29, 1.82) is 5.26 Å². The van der Waals surface area contributed by atoms with E-state index in [1.54, 1.807) is 36.4 Å². The van der Waals surface area contributed by atoms with Crippen molar-refractivity contribution >= 4 is 17.7 Å². The summed E-state index contributed by atoms with van der Waals surface area (Å²) in [5.41, 5.74) is 1.11. The zero-order chi connectivity index (χ0) is 19.2. The van der Waals surface area contributed by atoms with Crippen LogP contribution in [0.25, 0.3) is 6.08 Å². The molecular formula is C20H18N2O5. The van der Waals surface area contributed by atoms with E-state index in [0.29, 0.717) is 47.5 Å². The largest absolute Gasteiger partial charge is 0.493 e. The Hall–Kier alpha value is -3.66. The molecule has 1 aliphatic heterocycles. The molecule has 0 atom stereocenters. The van der Waals surface area contributed by atoms with Gasteiger partial charge in [-0.3, -0.25) is 4.79 Å². The van der Waals surface area contributed by atoms with Crippen molar-refractivity contribution in [2.75, 3.05) is 32.8 Å². The molecule has 27 heavy (non-hydrogen) atoms. The van der Waals surface area contributed by atoms with Gasteiger partial charge in [0.1, 0.15) is 24.9 Å². The summed E-state index contributed by atoms with van der Waals surface area (Å²) in [7, 11) is 3.03. The van der Waals surface area contributed by atoms with E-state index >= 15 is 0 Å². The van der Waals surface area contributed by atoms with E-state index in [1.807, 2.05) is 6.07 Å². The normalized spacial score (nSPS) is 12.7. The van der Waals surface area contributed by atoms with Crippen molar-refractivity contribution in [1.82, 2.24) is 0 Å². The first-order valence-electron chi connectivity index (χ1n) is 8.19. The molecule has 1 N–H and O–H groups in total. The van der Waals surface area contributed by atoms with Crippen LogP contribution in [-0.2, 0) is 4.79 Å². The van der Waals surface area contributed by atoms with Crippen molar-refractivity contribution < 1.29 is 23.7 Å². The molecule has 1 amide bonds. The summed E-state index contributed by atoms with van der Waals surface area (Å²) >= 11 is 0. The Labute approximate surface area is 156 Å². The number of ether oxygens (including phenoxy) is 4. The van der Waals surface area contributed by atoms with Crippen LogP contribution in [0.5, 0.6) is 23.0 Å². The molecule has 7 heteroatoms. The van der Waals surface area contributed by atoms with Crippen molar-refractivity contribution in [2.24, 2.45) is 0 Å². The molecule has 7 nitrogen and oxygen atoms in total. The third kappa shape index (κ3) is 4.12. The number of fused-ring (bicyclic) bond motifs is 1. The second-order valence-electron chi connectivity index (χ2n) is 5.60. The number of carbonyl (C=O) groups excluding carboxylic acids is 1. The number of hydrogen-bond acceptors (Lipinski definition) is 6. The molecule has 0 bridgehead atoms. The molecule has 0 aromatic heterocycles. The number of carbonyl (C=O) groups is 1. The summed E-state index contributed by atoms with van der Waals surface area (Å²) in [6.45, 7) is 0.963. The summed E-state index contributed by atoms with van der Waals surface area (Å²) in [5, 5.41) is 12.1. The minimum absolute atomic E-state index is 0.0403. The van der Waals surface area contributed by atoms with Crippen molar-refractivity contribution in [2.45, 2.75) is 0 Å². The molecule has 0 spiro atoms. The lowest BCUT2D eigenvalue weighted by atomic mass is 10.1. The van der Waals surface area contributed by atoms with Crippen molar-refractivity contribution in [3.63, 3.8) is 0 Å². The number of amides is 1. The Kier molecular flexibility index (Phi) is 5.47. The number of nitrogens with zero attached hydrogens (tertiary/aromatic N) is 1. The predicted octanol–water partition coefficient (Wildman–Crippen LogP) is 3.02. The number of anilines is 1. The van der Waals surface area contributed by atoms with Crippen molar-refractivity contribution in [3.8, 4) is 29.1 Å². The number of rotatable bonds is 5. The van der Waals surface area contributed by atoms with Crippen LogP contribution in [0.3, 0.4) is 0 Å². The molecule has 0 unspecified atom stereocenters. The third-order valence-electron chi connectivity index (χ3n) is 3.88. The van der Waals surface area contributed by atoms with Crippen LogP contribution < -0.4 is 24.3 Å². The standard InChI is InChI=1S/C20H18N2O5/c1-24-16-6-4-15(11-18(16)25-2)22-20(23)14(12-21)9-13-3-5-17-19(10-13)27-8-7-26-17/h3-6,9-11H,7-8H2,1-2H3,(H,22,23)/b14-9+. The van der Waals surface area contributed by atoms with E-state index < -0.39 is 5.91 Å². The molecule has 0 aliphatic carbocycles. The highest BCUT2D eigenvalue weighted by Gasteiger charge is 2.14. The fourth-order valence-electron chi connectivity index (χ4n) is 2.58. The van der Waals surface area contributed by atoms with Crippen LogP contribution in [0.15, 0.2) is 42.0 Å². The number of hydrogen-bond donors (Lipinski definition) is 1. The fraction of sp³-hybridized carbons (Fsp3) is 0.200. The lowest BCUT2D eigenvalue weighted by Gasteiger charge is -2.18. The predicted molar refractivity (Wildman–Crippen MR) is 99.2 cm³/mol. The van der Waals surface area contributed by atoms with Crippen LogP contribution in [0.4, 0.5) is 5.69 Å². The average molecular weight is 366 g/mol. The average Bonchev–Trinajstić information content (AvgIpc) is 2.71. The van der Waals surface area contributed by atoms with Gasteiger partial charge in [-0.05, 0) is 35.9 Å². The summed E-state index contributed by atoms with van der Waals surface area (Å²) in [5.74, 6) is 1.73. The highest BCUT2D eigenvalue weighted by atomic mass is 16.6. The Morgan fingerprint density at radius 2 is 1.81 bits per heavy atom. The molecule has 2 aromatic carbocycles. The Morgan fingerprint density at radius 3 is 2.52 bits per heavy atom. The minimum Gasteiger partial charge on any atom is -0.493 e. The number of benzene rings is 2. The van der Waals surface area contributed by atoms with Gasteiger partial charge in [0.2, 0.25) is 0 Å². The second kappa shape index (κ2) is 8.15. The smallest absolute Gasteiger partial charge is 0.266 e. The zero-order valence-electron chi connectivity index (χ0n) is 14.9. The van der Waals surface area contributed by atoms with Gasteiger partial charge in [-0.15, -0.1) is 0 Å². The first-order chi connectivity index (χ1) is 13.1. The Balaban J connectivity index is 1.80. The lowest BCUT2D eigenvalue weighted by molar-refractivity contribution is -0.112. The molecule has 1 aliphatic rings. The highest BCUT2D eigenvalue weighted by Crippen LogP contribution is 2.32. The molecule has 0 fully saturated rings. The van der Waals surface area contributed by atoms with Crippen LogP contribution in [0.1, 0.15) is 5.56 Å². The van der Waals surface area contributed by atoms with Gasteiger partial charge in [-0.25, -0.2) is 0 Å². The van der Waals surface area contributed by atoms with Gasteiger partial charge in [0.05, 0.1) is 14.2 Å². The number of nitriles is 1. The van der Waals surface area contributed by atoms with Gasteiger partial charge >= 0.3 is 0 Å². The topological polar surface area (TPSA) is 89.8 Å². The summed E-state index contributed by atoms with van der Waals surface area (Å²) in [6, 6.07) is 12.1. The first kappa shape index (κ1) is 18.1. The number of methoxy groups -OCH3 is 2. The Morgan fingerprint density at radius 1 is 1.07 bits per heavy atom. The van der Waals surface area contributed by atoms with Crippen LogP contribution in [-0.4, -0.2) is 33.3 Å². The summed E-state index contributed by atoms with van der Waals surface area (Å²) in [6.07, 6.45) is 1.49. The van der Waals surface area contributed by atoms with Gasteiger partial charge in [-0.1, -0.05) is 6.07 Å². The second-order valence-corrected chi connectivity index (χ2v) is 5.60. The van der Waals surface area contributed by atoms with E-state index in [0.717, 1.165) is 0 Å². The first-order valence-corrected chi connectivity index (χ1v) is 8.19. The van der Waals surface area contributed by atoms with Gasteiger partial charge < -0.3 is 24.3 Å². The maximum absolute atomic E-state index is 12.5. The van der Waals surface area contributed by atoms with E-state index in [-0.39, 0.29) is 5.57 Å². The third-order valence-corrected chi connectivity index (χ3v) is 3.88. The van der Waals surface area contributed by atoms with E-state index in [4.69, 9.17) is 18.9 Å². The molecule has 3 rings (SSSR count). The van der Waals surface area contributed by atoms with Crippen LogP contribution in [0, 0.1) is 11.3 Å². The summed E-state index contributed by atoms with van der Waals surface area (Å²) in [4.78, 5) is 12.5. The van der Waals surface area contributed by atoms with Gasteiger partial charge in [0.25, 0.3) is 5.91 Å². The SMILES string of the molecule is COc1ccc(NC(=O)/C(C#N)=C/c2ccc3c(c2)OCCO3)cc1OC. The lowest BCUT2D eigenvalue weighted by Crippen LogP contribution is -2.15. The zero-order valence-corrected chi connectivity index (χ0v) is 14.9. The maximum Gasteiger partial charge on any atom is 0.266 e. The Bertz CT molecular complexity index is 930. The van der Waals surface area contributed by atoms with E-state index in [1.165, 1.54) is 20.3 Å². The molecule has 138 valence electrons. The molecule has 0 saturated carbocycles. The molecule has 1 heterocycles. The van der Waals surface area contributed by atoms with Crippen LogP contribution in [0.2, 0.25) is 0 Å². The fourth-order valence-corrected chi connectivity index (χ4v) is 2.58. The quantitative estimate of drug-likeness (QED) is 0.646. The van der Waals surface area contributed by atoms with Gasteiger partial charge in [-0.2, -0.15) is 5.26 Å². The summed E-state index contributed by atoms with van der Waals surface area (Å²) < 4.78 is 21.4. The molecular weight excluding hydrogens is 348 g/mol.